The molecule has 11 nitrogen and oxygen atoms in total. The van der Waals surface area contributed by atoms with E-state index in [-0.39, 0.29) is 70.6 Å². The topological polar surface area (TPSA) is 203 Å². The second-order valence-electron chi connectivity index (χ2n) is 7.14. The largest absolute Gasteiger partial charge is 1.00 e. The summed E-state index contributed by atoms with van der Waals surface area (Å²) in [7, 11) is 0. The summed E-state index contributed by atoms with van der Waals surface area (Å²) in [5.74, 6) is -3.53. The molecule has 0 spiro atoms. The number of nitrogen functional groups attached to an aromatic ring is 2. The molecule has 3 aromatic rings. The number of fused-ring (bicyclic) bond motifs is 1. The van der Waals surface area contributed by atoms with Crippen LogP contribution in [-0.2, 0) is 22.4 Å². The zero-order valence-corrected chi connectivity index (χ0v) is 22.9. The Bertz CT molecular complexity index is 1210. The summed E-state index contributed by atoms with van der Waals surface area (Å²) in [6, 6.07) is 5.00. The summed E-state index contributed by atoms with van der Waals surface area (Å²) in [5, 5.41) is 24.9. The number of carbonyl (C=O) groups is 3. The summed E-state index contributed by atoms with van der Waals surface area (Å²) >= 11 is 0. The van der Waals surface area contributed by atoms with E-state index in [1.807, 2.05) is 0 Å². The molecule has 0 saturated heterocycles. The molecule has 3 rings (SSSR count). The van der Waals surface area contributed by atoms with Crippen LogP contribution in [0.3, 0.4) is 0 Å². The van der Waals surface area contributed by atoms with Gasteiger partial charge in [0.25, 0.3) is 5.91 Å². The average Bonchev–Trinajstić information content (AvgIpc) is 3.14. The van der Waals surface area contributed by atoms with Gasteiger partial charge in [0.15, 0.2) is 0 Å². The maximum atomic E-state index is 12.3. The number of aromatic nitrogens is 3. The number of benzene rings is 1. The van der Waals surface area contributed by atoms with Crippen molar-refractivity contribution in [1.82, 2.24) is 20.3 Å². The summed E-state index contributed by atoms with van der Waals surface area (Å²) in [6.45, 7) is 3.21. The van der Waals surface area contributed by atoms with Gasteiger partial charge in [0, 0.05) is 11.8 Å². The van der Waals surface area contributed by atoms with Gasteiger partial charge in [-0.05, 0) is 48.1 Å². The minimum Gasteiger partial charge on any atom is -0.548 e. The van der Waals surface area contributed by atoms with Gasteiger partial charge < -0.3 is 41.6 Å². The van der Waals surface area contributed by atoms with Crippen LogP contribution in [0, 0.1) is 0 Å². The van der Waals surface area contributed by atoms with Crippen molar-refractivity contribution in [2.24, 2.45) is 0 Å². The molecule has 0 aliphatic rings. The van der Waals surface area contributed by atoms with E-state index in [2.05, 4.69) is 26.8 Å². The Hall–Kier alpha value is -2.41. The third kappa shape index (κ3) is 7.29. The maximum absolute atomic E-state index is 12.3. The van der Waals surface area contributed by atoms with E-state index >= 15 is 0 Å². The van der Waals surface area contributed by atoms with Gasteiger partial charge in [-0.25, -0.2) is 0 Å². The number of H-pyrrole nitrogens is 1. The van der Waals surface area contributed by atoms with E-state index in [4.69, 9.17) is 11.5 Å². The van der Waals surface area contributed by atoms with Crippen LogP contribution in [-0.4, -0.2) is 38.8 Å². The predicted octanol–water partition coefficient (Wildman–Crippen LogP) is -7.54. The number of carboxylic acids is 2. The van der Waals surface area contributed by atoms with Crippen LogP contribution < -0.4 is 86.1 Å². The Morgan fingerprint density at radius 3 is 2.29 bits per heavy atom. The number of hydrogen-bond donors (Lipinski definition) is 4. The second kappa shape index (κ2) is 12.9. The van der Waals surface area contributed by atoms with Crippen LogP contribution in [0.1, 0.15) is 27.9 Å². The van der Waals surface area contributed by atoms with Gasteiger partial charge in [0.05, 0.1) is 23.4 Å². The molecule has 13 heteroatoms. The molecule has 2 heterocycles. The number of nitrogens with one attached hydrogen (secondary N) is 2. The SMILES string of the molecule is C=C(CC(NC(=O)c1ccc(CCc2c[nH]c3nc(N)nc(N)c23)cc1)C(=O)[O-])C(=O)[O-].[Na+].[Na+]. The van der Waals surface area contributed by atoms with Gasteiger partial charge in [0.2, 0.25) is 5.95 Å². The smallest absolute Gasteiger partial charge is 0.548 e. The van der Waals surface area contributed by atoms with E-state index in [1.54, 1.807) is 18.3 Å². The fraction of sp³-hybridized carbons (Fsp3) is 0.190. The molecule has 1 atom stereocenters. The van der Waals surface area contributed by atoms with Gasteiger partial charge in [0.1, 0.15) is 11.5 Å². The molecule has 1 amide bonds. The van der Waals surface area contributed by atoms with Crippen LogP contribution in [0.25, 0.3) is 11.0 Å². The Morgan fingerprint density at radius 1 is 1.06 bits per heavy atom. The fourth-order valence-corrected chi connectivity index (χ4v) is 3.21. The Morgan fingerprint density at radius 2 is 1.71 bits per heavy atom. The molecular weight excluding hydrogens is 462 g/mol. The molecule has 166 valence electrons. The summed E-state index contributed by atoms with van der Waals surface area (Å²) in [4.78, 5) is 45.4. The van der Waals surface area contributed by atoms with Crippen molar-refractivity contribution in [3.8, 4) is 0 Å². The van der Waals surface area contributed by atoms with Crippen molar-refractivity contribution in [3.05, 3.63) is 59.3 Å². The van der Waals surface area contributed by atoms with Gasteiger partial charge in [-0.1, -0.05) is 18.7 Å². The standard InChI is InChI=1S/C21H22N6O5.2Na/c1-10(19(29)30)8-14(20(31)32)25-18(28)12-5-2-11(3-6-12)4-7-13-9-24-17-15(13)16(22)26-21(23)27-17;;/h2-3,5-6,9,14H,1,4,7-8H2,(H,25,28)(H,29,30)(H,31,32)(H5,22,23,24,26,27);;/q;2*+1/p-2. The fourth-order valence-electron chi connectivity index (χ4n) is 3.21. The first-order chi connectivity index (χ1) is 15.2. The van der Waals surface area contributed by atoms with E-state index in [0.717, 1.165) is 11.1 Å². The minimum atomic E-state index is -1.62. The van der Waals surface area contributed by atoms with Gasteiger partial charge in [-0.2, -0.15) is 9.97 Å². The number of nitrogens with zero attached hydrogens (tertiary/aromatic N) is 2. The van der Waals surface area contributed by atoms with Gasteiger partial charge >= 0.3 is 59.1 Å². The Balaban J connectivity index is 0.00000289. The van der Waals surface area contributed by atoms with E-state index in [0.29, 0.717) is 29.7 Å². The molecular formula is C21H20N6Na2O5. The molecule has 0 radical (unpaired) electrons. The molecule has 1 unspecified atom stereocenters. The number of carbonyl (C=O) groups excluding carboxylic acids is 3. The van der Waals surface area contributed by atoms with E-state index in [9.17, 15) is 24.6 Å². The number of aryl methyl sites for hydroxylation is 2. The van der Waals surface area contributed by atoms with Crippen molar-refractivity contribution in [2.75, 3.05) is 11.5 Å². The number of amides is 1. The van der Waals surface area contributed by atoms with Crippen LogP contribution in [0.4, 0.5) is 11.8 Å². The number of aliphatic carboxylic acids is 2. The number of hydrogen-bond acceptors (Lipinski definition) is 9. The van der Waals surface area contributed by atoms with E-state index in [1.165, 1.54) is 12.1 Å². The van der Waals surface area contributed by atoms with Gasteiger partial charge in [-0.3, -0.25) is 4.79 Å². The molecule has 34 heavy (non-hydrogen) atoms. The zero-order valence-electron chi connectivity index (χ0n) is 18.9. The molecule has 0 bridgehead atoms. The van der Waals surface area contributed by atoms with Crippen molar-refractivity contribution in [3.63, 3.8) is 0 Å². The number of anilines is 2. The van der Waals surface area contributed by atoms with Crippen LogP contribution in [0.15, 0.2) is 42.6 Å². The first-order valence-electron chi connectivity index (χ1n) is 9.54. The summed E-state index contributed by atoms with van der Waals surface area (Å²) in [6.07, 6.45) is 2.52. The number of carboxylic acid groups (broad SMARTS) is 2. The van der Waals surface area contributed by atoms with Crippen LogP contribution >= 0.6 is 0 Å². The van der Waals surface area contributed by atoms with Crippen molar-refractivity contribution in [2.45, 2.75) is 25.3 Å². The average molecular weight is 482 g/mol. The monoisotopic (exact) mass is 482 g/mol. The molecule has 6 N–H and O–H groups in total. The zero-order chi connectivity index (χ0) is 23.4. The van der Waals surface area contributed by atoms with Crippen molar-refractivity contribution in [1.29, 1.82) is 0 Å². The predicted molar refractivity (Wildman–Crippen MR) is 112 cm³/mol. The molecule has 2 aromatic heterocycles. The number of nitrogens with two attached hydrogens (primary N) is 2. The number of aromatic amines is 1. The van der Waals surface area contributed by atoms with Crippen molar-refractivity contribution < 1.29 is 83.7 Å². The minimum absolute atomic E-state index is 0. The van der Waals surface area contributed by atoms with Crippen LogP contribution in [0.5, 0.6) is 0 Å². The normalized spacial score (nSPS) is 11.1. The summed E-state index contributed by atoms with van der Waals surface area (Å²) < 4.78 is 0. The van der Waals surface area contributed by atoms with Crippen LogP contribution in [0.2, 0.25) is 0 Å². The Kier molecular flexibility index (Phi) is 11.2. The quantitative estimate of drug-likeness (QED) is 0.169. The molecule has 1 aromatic carbocycles. The maximum Gasteiger partial charge on any atom is 1.00 e. The Labute approximate surface area is 239 Å². The van der Waals surface area contributed by atoms with E-state index < -0.39 is 35.9 Å². The second-order valence-corrected chi connectivity index (χ2v) is 7.14. The third-order valence-corrected chi connectivity index (χ3v) is 4.89. The van der Waals surface area contributed by atoms with Crippen molar-refractivity contribution >= 4 is 40.6 Å². The first-order valence-corrected chi connectivity index (χ1v) is 9.54. The first kappa shape index (κ1) is 29.6. The summed E-state index contributed by atoms with van der Waals surface area (Å²) in [5.41, 5.74) is 13.7. The third-order valence-electron chi connectivity index (χ3n) is 4.89. The van der Waals surface area contributed by atoms with Gasteiger partial charge in [-0.15, -0.1) is 0 Å². The molecule has 0 aliphatic heterocycles. The molecule has 0 fully saturated rings. The molecule has 0 aliphatic carbocycles. The molecule has 0 saturated carbocycles. The number of rotatable bonds is 9.